The van der Waals surface area contributed by atoms with E-state index in [2.05, 4.69) is 35.1 Å². The SMILES string of the molecule is COc1ccc(C(=O)NCC2(C(C)C)CC2)cc1Br. The maximum absolute atomic E-state index is 12.1. The molecule has 0 unspecified atom stereocenters. The quantitative estimate of drug-likeness (QED) is 0.897. The third kappa shape index (κ3) is 3.11. The number of halogens is 1. The molecule has 0 atom stereocenters. The maximum Gasteiger partial charge on any atom is 0.251 e. The van der Waals surface area contributed by atoms with Crippen molar-refractivity contribution in [2.45, 2.75) is 26.7 Å². The highest BCUT2D eigenvalue weighted by Crippen LogP contribution is 2.51. The minimum Gasteiger partial charge on any atom is -0.496 e. The predicted molar refractivity (Wildman–Crippen MR) is 79.5 cm³/mol. The molecule has 0 saturated heterocycles. The Morgan fingerprint density at radius 2 is 2.16 bits per heavy atom. The summed E-state index contributed by atoms with van der Waals surface area (Å²) >= 11 is 3.40. The van der Waals surface area contributed by atoms with Crippen LogP contribution in [0.4, 0.5) is 0 Å². The molecule has 0 bridgehead atoms. The minimum absolute atomic E-state index is 0.0183. The standard InChI is InChI=1S/C15H20BrNO2/c1-10(2)15(6-7-15)9-17-14(18)11-4-5-13(19-3)12(16)8-11/h4-5,8,10H,6-7,9H2,1-3H3,(H,17,18). The molecule has 1 N–H and O–H groups in total. The van der Waals surface area contributed by atoms with Gasteiger partial charge in [0.25, 0.3) is 5.91 Å². The number of hydrogen-bond acceptors (Lipinski definition) is 2. The Kier molecular flexibility index (Phi) is 4.19. The van der Waals surface area contributed by atoms with Gasteiger partial charge in [-0.15, -0.1) is 0 Å². The summed E-state index contributed by atoms with van der Waals surface area (Å²) in [5, 5.41) is 3.05. The number of methoxy groups -OCH3 is 1. The third-order valence-corrected chi connectivity index (χ3v) is 4.75. The van der Waals surface area contributed by atoms with E-state index in [1.807, 2.05) is 0 Å². The van der Waals surface area contributed by atoms with Gasteiger partial charge >= 0.3 is 0 Å². The molecular weight excluding hydrogens is 306 g/mol. The highest BCUT2D eigenvalue weighted by Gasteiger charge is 2.45. The van der Waals surface area contributed by atoms with Crippen molar-refractivity contribution in [3.05, 3.63) is 28.2 Å². The second-order valence-corrected chi connectivity index (χ2v) is 6.40. The Balaban J connectivity index is 1.99. The van der Waals surface area contributed by atoms with Crippen LogP contribution >= 0.6 is 15.9 Å². The third-order valence-electron chi connectivity index (χ3n) is 4.13. The largest absolute Gasteiger partial charge is 0.496 e. The van der Waals surface area contributed by atoms with Crippen LogP contribution in [-0.2, 0) is 0 Å². The van der Waals surface area contributed by atoms with Crippen LogP contribution < -0.4 is 10.1 Å². The van der Waals surface area contributed by atoms with Gasteiger partial charge in [-0.3, -0.25) is 4.79 Å². The average Bonchev–Trinajstić information content (AvgIpc) is 3.17. The number of carbonyl (C=O) groups excluding carboxylic acids is 1. The lowest BCUT2D eigenvalue weighted by Gasteiger charge is -2.20. The Labute approximate surface area is 122 Å². The van der Waals surface area contributed by atoms with Crippen molar-refractivity contribution in [1.82, 2.24) is 5.32 Å². The van der Waals surface area contributed by atoms with Gasteiger partial charge in [0.05, 0.1) is 11.6 Å². The maximum atomic E-state index is 12.1. The summed E-state index contributed by atoms with van der Waals surface area (Å²) in [6, 6.07) is 5.38. The second-order valence-electron chi connectivity index (χ2n) is 5.55. The summed E-state index contributed by atoms with van der Waals surface area (Å²) in [6.45, 7) is 5.22. The highest BCUT2D eigenvalue weighted by molar-refractivity contribution is 9.10. The van der Waals surface area contributed by atoms with Crippen molar-refractivity contribution in [3.63, 3.8) is 0 Å². The zero-order chi connectivity index (χ0) is 14.0. The fourth-order valence-corrected chi connectivity index (χ4v) is 2.83. The molecule has 0 aliphatic heterocycles. The molecule has 1 amide bonds. The number of nitrogens with one attached hydrogen (secondary N) is 1. The number of benzene rings is 1. The van der Waals surface area contributed by atoms with Crippen LogP contribution in [0.15, 0.2) is 22.7 Å². The Morgan fingerprint density at radius 1 is 1.47 bits per heavy atom. The van der Waals surface area contributed by atoms with Gasteiger partial charge < -0.3 is 10.1 Å². The van der Waals surface area contributed by atoms with Gasteiger partial charge in [0.15, 0.2) is 0 Å². The molecule has 0 heterocycles. The molecule has 19 heavy (non-hydrogen) atoms. The number of ether oxygens (including phenoxy) is 1. The second kappa shape index (κ2) is 5.53. The van der Waals surface area contributed by atoms with Gasteiger partial charge in [-0.1, -0.05) is 13.8 Å². The number of hydrogen-bond donors (Lipinski definition) is 1. The van der Waals surface area contributed by atoms with Crippen molar-refractivity contribution < 1.29 is 9.53 Å². The first-order valence-corrected chi connectivity index (χ1v) is 7.39. The van der Waals surface area contributed by atoms with E-state index in [-0.39, 0.29) is 5.91 Å². The van der Waals surface area contributed by atoms with Gasteiger partial charge in [0.1, 0.15) is 5.75 Å². The van der Waals surface area contributed by atoms with E-state index in [1.54, 1.807) is 25.3 Å². The van der Waals surface area contributed by atoms with Crippen LogP contribution in [0.3, 0.4) is 0 Å². The van der Waals surface area contributed by atoms with Gasteiger partial charge in [-0.25, -0.2) is 0 Å². The first-order valence-electron chi connectivity index (χ1n) is 6.60. The predicted octanol–water partition coefficient (Wildman–Crippen LogP) is 3.62. The zero-order valence-corrected chi connectivity index (χ0v) is 13.2. The van der Waals surface area contributed by atoms with Crippen LogP contribution in [0.25, 0.3) is 0 Å². The van der Waals surface area contributed by atoms with Crippen LogP contribution in [0.5, 0.6) is 5.75 Å². The molecule has 0 aromatic heterocycles. The van der Waals surface area contributed by atoms with Gasteiger partial charge in [0.2, 0.25) is 0 Å². The fourth-order valence-electron chi connectivity index (χ4n) is 2.28. The number of rotatable bonds is 5. The smallest absolute Gasteiger partial charge is 0.251 e. The Morgan fingerprint density at radius 3 is 2.63 bits per heavy atom. The summed E-state index contributed by atoms with van der Waals surface area (Å²) < 4.78 is 5.96. The summed E-state index contributed by atoms with van der Waals surface area (Å²) in [6.07, 6.45) is 2.44. The van der Waals surface area contributed by atoms with E-state index in [9.17, 15) is 4.79 Å². The molecule has 104 valence electrons. The molecule has 0 radical (unpaired) electrons. The summed E-state index contributed by atoms with van der Waals surface area (Å²) in [4.78, 5) is 12.1. The van der Waals surface area contributed by atoms with E-state index in [0.717, 1.165) is 16.8 Å². The van der Waals surface area contributed by atoms with Crippen LogP contribution in [-0.4, -0.2) is 19.6 Å². The lowest BCUT2D eigenvalue weighted by molar-refractivity contribution is 0.0939. The lowest BCUT2D eigenvalue weighted by atomic mass is 9.92. The van der Waals surface area contributed by atoms with Crippen LogP contribution in [0, 0.1) is 11.3 Å². The topological polar surface area (TPSA) is 38.3 Å². The van der Waals surface area contributed by atoms with E-state index in [1.165, 1.54) is 12.8 Å². The zero-order valence-electron chi connectivity index (χ0n) is 11.6. The van der Waals surface area contributed by atoms with Crippen molar-refractivity contribution in [3.8, 4) is 5.75 Å². The van der Waals surface area contributed by atoms with Crippen molar-refractivity contribution in [2.24, 2.45) is 11.3 Å². The number of carbonyl (C=O) groups is 1. The fraction of sp³-hybridized carbons (Fsp3) is 0.533. The summed E-state index contributed by atoms with van der Waals surface area (Å²) in [5.74, 6) is 1.34. The molecule has 1 aromatic rings. The molecule has 3 nitrogen and oxygen atoms in total. The summed E-state index contributed by atoms with van der Waals surface area (Å²) in [5.41, 5.74) is 0.992. The van der Waals surface area contributed by atoms with Gasteiger partial charge in [-0.05, 0) is 58.3 Å². The Hall–Kier alpha value is -1.03. The highest BCUT2D eigenvalue weighted by atomic mass is 79.9. The minimum atomic E-state index is -0.0183. The molecule has 2 rings (SSSR count). The molecule has 1 fully saturated rings. The molecule has 0 spiro atoms. The van der Waals surface area contributed by atoms with E-state index < -0.39 is 0 Å². The first kappa shape index (κ1) is 14.4. The first-order chi connectivity index (χ1) is 8.98. The van der Waals surface area contributed by atoms with Crippen LogP contribution in [0.1, 0.15) is 37.0 Å². The molecule has 4 heteroatoms. The Bertz CT molecular complexity index is 481. The lowest BCUT2D eigenvalue weighted by Crippen LogP contribution is -2.32. The molecule has 1 aromatic carbocycles. The van der Waals surface area contributed by atoms with Gasteiger partial charge in [-0.2, -0.15) is 0 Å². The van der Waals surface area contributed by atoms with Gasteiger partial charge in [0, 0.05) is 12.1 Å². The number of amides is 1. The van der Waals surface area contributed by atoms with Crippen LogP contribution in [0.2, 0.25) is 0 Å². The van der Waals surface area contributed by atoms with Crippen molar-refractivity contribution in [2.75, 3.05) is 13.7 Å². The molecule has 1 aliphatic rings. The molecule has 1 saturated carbocycles. The van der Waals surface area contributed by atoms with E-state index in [0.29, 0.717) is 16.9 Å². The normalized spacial score (nSPS) is 16.3. The molecule has 1 aliphatic carbocycles. The van der Waals surface area contributed by atoms with E-state index in [4.69, 9.17) is 4.74 Å². The average molecular weight is 326 g/mol. The summed E-state index contributed by atoms with van der Waals surface area (Å²) in [7, 11) is 1.61. The monoisotopic (exact) mass is 325 g/mol. The molecular formula is C15H20BrNO2. The van der Waals surface area contributed by atoms with Crippen molar-refractivity contribution >= 4 is 21.8 Å². The van der Waals surface area contributed by atoms with E-state index >= 15 is 0 Å². The van der Waals surface area contributed by atoms with Crippen molar-refractivity contribution in [1.29, 1.82) is 0 Å².